The van der Waals surface area contributed by atoms with Crippen LogP contribution in [0.2, 0.25) is 0 Å². The number of hydrogen-bond donors (Lipinski definition) is 0. The van der Waals surface area contributed by atoms with Gasteiger partial charge in [-0.05, 0) is 48.2 Å². The van der Waals surface area contributed by atoms with Crippen LogP contribution in [-0.4, -0.2) is 75.6 Å². The van der Waals surface area contributed by atoms with Gasteiger partial charge in [0, 0.05) is 68.4 Å². The van der Waals surface area contributed by atoms with Crippen molar-refractivity contribution in [2.24, 2.45) is 0 Å². The van der Waals surface area contributed by atoms with E-state index in [1.54, 1.807) is 0 Å². The lowest BCUT2D eigenvalue weighted by molar-refractivity contribution is 0.0259. The Morgan fingerprint density at radius 3 is 2.50 bits per heavy atom. The van der Waals surface area contributed by atoms with Crippen molar-refractivity contribution < 1.29 is 4.79 Å². The van der Waals surface area contributed by atoms with Gasteiger partial charge in [-0.3, -0.25) is 14.6 Å². The van der Waals surface area contributed by atoms with Crippen LogP contribution in [0.1, 0.15) is 49.5 Å². The van der Waals surface area contributed by atoms with Gasteiger partial charge < -0.3 is 4.90 Å². The summed E-state index contributed by atoms with van der Waals surface area (Å²) in [5, 5.41) is 3.85. The summed E-state index contributed by atoms with van der Waals surface area (Å²) >= 11 is 1.81. The lowest BCUT2D eigenvalue weighted by atomic mass is 9.98. The number of aromatic nitrogens is 1. The molecule has 0 aliphatic carbocycles. The zero-order valence-corrected chi connectivity index (χ0v) is 22.6. The highest BCUT2D eigenvalue weighted by molar-refractivity contribution is 7.99. The average Bonchev–Trinajstić information content (AvgIpc) is 2.90. The van der Waals surface area contributed by atoms with Crippen LogP contribution in [0.25, 0.3) is 10.8 Å². The van der Waals surface area contributed by atoms with Crippen LogP contribution in [0.15, 0.2) is 65.8 Å². The van der Waals surface area contributed by atoms with Crippen LogP contribution in [0, 0.1) is 0 Å². The molecular weight excluding hydrogens is 464 g/mol. The van der Waals surface area contributed by atoms with Gasteiger partial charge in [0.05, 0.1) is 5.03 Å². The molecule has 2 saturated heterocycles. The Bertz CT molecular complexity index is 1170. The molecule has 2 aromatic carbocycles. The highest BCUT2D eigenvalue weighted by atomic mass is 32.2. The van der Waals surface area contributed by atoms with E-state index in [-0.39, 0.29) is 5.91 Å². The molecule has 5 rings (SSSR count). The van der Waals surface area contributed by atoms with Crippen LogP contribution in [0.4, 0.5) is 0 Å². The van der Waals surface area contributed by atoms with E-state index in [1.807, 2.05) is 42.2 Å². The maximum absolute atomic E-state index is 13.3. The number of hydrogen-bond acceptors (Lipinski definition) is 5. The third kappa shape index (κ3) is 5.77. The molecular formula is C30H38N4OS. The van der Waals surface area contributed by atoms with Crippen LogP contribution < -0.4 is 0 Å². The second kappa shape index (κ2) is 11.3. The number of benzene rings is 2. The number of thioether (sulfide) groups is 1. The van der Waals surface area contributed by atoms with E-state index in [1.165, 1.54) is 5.56 Å². The van der Waals surface area contributed by atoms with Crippen LogP contribution >= 0.6 is 11.8 Å². The Hall–Kier alpha value is -2.41. The van der Waals surface area contributed by atoms with Gasteiger partial charge in [0.15, 0.2) is 0 Å². The number of nitrogens with zero attached hydrogens (tertiary/aromatic N) is 4. The van der Waals surface area contributed by atoms with Gasteiger partial charge in [-0.1, -0.05) is 56.3 Å². The van der Waals surface area contributed by atoms with Crippen LogP contribution in [-0.2, 0) is 6.54 Å². The van der Waals surface area contributed by atoms with Crippen molar-refractivity contribution in [3.8, 4) is 0 Å². The first kappa shape index (κ1) is 25.2. The number of carbonyl (C=O) groups is 1. The first-order chi connectivity index (χ1) is 17.5. The van der Waals surface area contributed by atoms with Gasteiger partial charge in [0.2, 0.25) is 0 Å². The number of piperidine rings is 1. The van der Waals surface area contributed by atoms with Gasteiger partial charge in [-0.2, -0.15) is 0 Å². The van der Waals surface area contributed by atoms with Crippen LogP contribution in [0.5, 0.6) is 0 Å². The monoisotopic (exact) mass is 502 g/mol. The molecule has 1 aromatic heterocycles. The summed E-state index contributed by atoms with van der Waals surface area (Å²) in [7, 11) is 0. The standard InChI is InChI=1S/C30H38N4OS/c1-22(2)36-29-12-11-24(19-31-29)21-33-17-18-34(20-23(33)3)26-13-15-32(16-14-26)30(35)28-10-6-8-25-7-4-5-9-27(25)28/h4-12,19,22-23,26H,13-18,20-21H2,1-3H3/t23-/m1/s1. The average molecular weight is 503 g/mol. The minimum Gasteiger partial charge on any atom is -0.339 e. The Kier molecular flexibility index (Phi) is 7.94. The molecule has 1 atom stereocenters. The smallest absolute Gasteiger partial charge is 0.254 e. The molecule has 3 heterocycles. The van der Waals surface area contributed by atoms with E-state index < -0.39 is 0 Å². The van der Waals surface area contributed by atoms with Crippen molar-refractivity contribution in [3.05, 3.63) is 71.9 Å². The Labute approximate surface area is 219 Å². The van der Waals surface area contributed by atoms with Crippen molar-refractivity contribution in [1.29, 1.82) is 0 Å². The summed E-state index contributed by atoms with van der Waals surface area (Å²) < 4.78 is 0. The molecule has 2 aliphatic rings. The minimum atomic E-state index is 0.176. The SMILES string of the molecule is CC(C)Sc1ccc(CN2CCN(C3CCN(C(=O)c4cccc5ccccc45)CC3)C[C@H]2C)cn1. The van der Waals surface area contributed by atoms with Crippen molar-refractivity contribution >= 4 is 28.4 Å². The topological polar surface area (TPSA) is 39.7 Å². The van der Waals surface area contributed by atoms with E-state index in [2.05, 4.69) is 70.8 Å². The van der Waals surface area contributed by atoms with E-state index in [4.69, 9.17) is 0 Å². The molecule has 3 aromatic rings. The number of fused-ring (bicyclic) bond motifs is 1. The Morgan fingerprint density at radius 2 is 1.78 bits per heavy atom. The van der Waals surface area contributed by atoms with Crippen molar-refractivity contribution in [2.75, 3.05) is 32.7 Å². The number of amides is 1. The molecule has 36 heavy (non-hydrogen) atoms. The highest BCUT2D eigenvalue weighted by Crippen LogP contribution is 2.26. The summed E-state index contributed by atoms with van der Waals surface area (Å²) in [4.78, 5) is 25.3. The Morgan fingerprint density at radius 1 is 1.00 bits per heavy atom. The summed E-state index contributed by atoms with van der Waals surface area (Å²) in [5.74, 6) is 0.176. The summed E-state index contributed by atoms with van der Waals surface area (Å²) in [5.41, 5.74) is 2.13. The number of pyridine rings is 1. The predicted octanol–water partition coefficient (Wildman–Crippen LogP) is 5.55. The predicted molar refractivity (Wildman–Crippen MR) is 150 cm³/mol. The van der Waals surface area contributed by atoms with E-state index in [0.717, 1.165) is 73.5 Å². The summed E-state index contributed by atoms with van der Waals surface area (Å²) in [6.07, 6.45) is 4.16. The molecule has 2 aliphatic heterocycles. The second-order valence-electron chi connectivity index (χ2n) is 10.5. The maximum Gasteiger partial charge on any atom is 0.254 e. The first-order valence-electron chi connectivity index (χ1n) is 13.3. The van der Waals surface area contributed by atoms with E-state index in [9.17, 15) is 4.79 Å². The molecule has 0 spiro atoms. The molecule has 2 fully saturated rings. The third-order valence-corrected chi connectivity index (χ3v) is 8.58. The van der Waals surface area contributed by atoms with Crippen molar-refractivity contribution in [2.45, 2.75) is 62.5 Å². The third-order valence-electron chi connectivity index (χ3n) is 7.62. The van der Waals surface area contributed by atoms with E-state index >= 15 is 0 Å². The van der Waals surface area contributed by atoms with Crippen molar-refractivity contribution in [1.82, 2.24) is 19.7 Å². The van der Waals surface area contributed by atoms with Crippen LogP contribution in [0.3, 0.4) is 0 Å². The number of likely N-dealkylation sites (tertiary alicyclic amines) is 1. The lowest BCUT2D eigenvalue weighted by Crippen LogP contribution is -2.56. The number of carbonyl (C=O) groups excluding carboxylic acids is 1. The highest BCUT2D eigenvalue weighted by Gasteiger charge is 2.32. The normalized spacial score (nSPS) is 20.3. The first-order valence-corrected chi connectivity index (χ1v) is 14.2. The molecule has 1 amide bonds. The lowest BCUT2D eigenvalue weighted by Gasteiger charge is -2.45. The molecule has 0 saturated carbocycles. The number of rotatable bonds is 6. The largest absolute Gasteiger partial charge is 0.339 e. The molecule has 190 valence electrons. The minimum absolute atomic E-state index is 0.176. The van der Waals surface area contributed by atoms with Gasteiger partial charge in [-0.25, -0.2) is 4.98 Å². The maximum atomic E-state index is 13.3. The molecule has 6 heteroatoms. The molecule has 0 radical (unpaired) electrons. The van der Waals surface area contributed by atoms with Crippen molar-refractivity contribution in [3.63, 3.8) is 0 Å². The fourth-order valence-corrected chi connectivity index (χ4v) is 6.40. The molecule has 0 bridgehead atoms. The molecule has 0 unspecified atom stereocenters. The van der Waals surface area contributed by atoms with Gasteiger partial charge >= 0.3 is 0 Å². The Balaban J connectivity index is 1.13. The van der Waals surface area contributed by atoms with Gasteiger partial charge in [0.1, 0.15) is 0 Å². The quantitative estimate of drug-likeness (QED) is 0.414. The zero-order chi connectivity index (χ0) is 25.1. The summed E-state index contributed by atoms with van der Waals surface area (Å²) in [6, 6.07) is 19.7. The molecule has 5 nitrogen and oxygen atoms in total. The van der Waals surface area contributed by atoms with E-state index in [0.29, 0.717) is 17.3 Å². The summed E-state index contributed by atoms with van der Waals surface area (Å²) in [6.45, 7) is 12.7. The second-order valence-corrected chi connectivity index (χ2v) is 12.1. The molecule has 0 N–H and O–H groups in total. The fourth-order valence-electron chi connectivity index (χ4n) is 5.66. The zero-order valence-electron chi connectivity index (χ0n) is 21.8. The van der Waals surface area contributed by atoms with Gasteiger partial charge in [-0.15, -0.1) is 11.8 Å². The fraction of sp³-hybridized carbons (Fsp3) is 0.467. The number of piperazine rings is 1. The van der Waals surface area contributed by atoms with Gasteiger partial charge in [0.25, 0.3) is 5.91 Å².